The highest BCUT2D eigenvalue weighted by atomic mass is 16.7. The van der Waals surface area contributed by atoms with Crippen molar-refractivity contribution < 1.29 is 83.3 Å². The SMILES string of the molecule is CC(C)[C@H](NC(=O)[C@H](CC(=O)O)NC(=O)[C@H](Cc1ccccc1)NC(=O)[C@@H](C)NC(=O)[C@@H](N)Cc1ccc(O)cc1)C(=O)N[C@H](C(=O)N[C@H](C(=O)NCC(N)=O)[C@@H](C)O[C@H]1O[C@H](CO)[C@@H](O)[C@H](O)[C@H]1O)C(C)C. The molecule has 0 aliphatic carbocycles. The molecule has 1 heterocycles. The molecule has 26 nitrogen and oxygen atoms in total. The van der Waals surface area contributed by atoms with E-state index in [9.17, 15) is 73.8 Å². The van der Waals surface area contributed by atoms with Crippen LogP contribution in [0.1, 0.15) is 59.1 Å². The normalized spacial score (nSPS) is 20.9. The molecule has 0 bridgehead atoms. The van der Waals surface area contributed by atoms with Crippen molar-refractivity contribution in [2.24, 2.45) is 23.3 Å². The lowest BCUT2D eigenvalue weighted by molar-refractivity contribution is -0.311. The molecule has 0 spiro atoms. The van der Waals surface area contributed by atoms with Gasteiger partial charge < -0.3 is 88.8 Å². The van der Waals surface area contributed by atoms with Crippen molar-refractivity contribution in [1.82, 2.24) is 37.2 Å². The van der Waals surface area contributed by atoms with Gasteiger partial charge in [0.1, 0.15) is 66.4 Å². The Balaban J connectivity index is 1.81. The fraction of sp³-hybridized carbons (Fsp3) is 0.553. The first-order valence-electron chi connectivity index (χ1n) is 23.4. The molecule has 3 rings (SSSR count). The number of benzene rings is 2. The summed E-state index contributed by atoms with van der Waals surface area (Å²) in [5.74, 6) is -10.7. The first kappa shape index (κ1) is 60.5. The zero-order valence-corrected chi connectivity index (χ0v) is 41.2. The number of rotatable bonds is 27. The van der Waals surface area contributed by atoms with Gasteiger partial charge in [-0.05, 0) is 55.4 Å². The van der Waals surface area contributed by atoms with Crippen LogP contribution in [0.3, 0.4) is 0 Å². The Bertz CT molecular complexity index is 2220. The van der Waals surface area contributed by atoms with Gasteiger partial charge in [-0.3, -0.25) is 43.2 Å². The molecule has 26 heteroatoms. The van der Waals surface area contributed by atoms with Crippen molar-refractivity contribution in [2.45, 2.75) is 140 Å². The van der Waals surface area contributed by atoms with E-state index in [0.29, 0.717) is 11.1 Å². The molecule has 2 aromatic rings. The summed E-state index contributed by atoms with van der Waals surface area (Å²) < 4.78 is 11.0. The third-order valence-corrected chi connectivity index (χ3v) is 11.6. The third-order valence-electron chi connectivity index (χ3n) is 11.6. The largest absolute Gasteiger partial charge is 0.508 e. The van der Waals surface area contributed by atoms with Crippen LogP contribution in [0.4, 0.5) is 0 Å². The van der Waals surface area contributed by atoms with E-state index in [4.69, 9.17) is 20.9 Å². The van der Waals surface area contributed by atoms with Crippen LogP contribution in [0.5, 0.6) is 5.75 Å². The molecule has 0 saturated carbocycles. The second-order valence-corrected chi connectivity index (χ2v) is 18.3. The monoisotopic (exact) mass is 1030 g/mol. The summed E-state index contributed by atoms with van der Waals surface area (Å²) in [4.78, 5) is 119. The van der Waals surface area contributed by atoms with E-state index in [2.05, 4.69) is 37.2 Å². The molecule has 73 heavy (non-hydrogen) atoms. The van der Waals surface area contributed by atoms with E-state index >= 15 is 0 Å². The van der Waals surface area contributed by atoms with Gasteiger partial charge in [-0.1, -0.05) is 70.2 Å². The Hall–Kier alpha value is -6.81. The van der Waals surface area contributed by atoms with E-state index in [1.165, 1.54) is 53.7 Å². The van der Waals surface area contributed by atoms with Gasteiger partial charge in [0.25, 0.3) is 0 Å². The van der Waals surface area contributed by atoms with Crippen molar-refractivity contribution in [3.05, 3.63) is 65.7 Å². The number of nitrogens with two attached hydrogens (primary N) is 2. The number of ether oxygens (including phenoxy) is 2. The predicted molar refractivity (Wildman–Crippen MR) is 256 cm³/mol. The number of phenolic OH excluding ortho intramolecular Hbond substituents is 1. The van der Waals surface area contributed by atoms with Gasteiger partial charge in [-0.25, -0.2) is 0 Å². The molecule has 0 unspecified atom stereocenters. The fourth-order valence-corrected chi connectivity index (χ4v) is 7.34. The number of aliphatic hydroxyl groups is 4. The number of carbonyl (C=O) groups excluding carboxylic acids is 8. The molecule has 1 fully saturated rings. The lowest BCUT2D eigenvalue weighted by Crippen LogP contribution is -2.63. The standard InChI is InChI=1S/C47H69N9O17/c1-21(2)34(45(70)55-35(22(3)4)46(71)56-36(44(69)50-19-32(49)59)24(6)72-47-39(64)38(63)37(62)31(20-57)73-47)54-43(68)30(18-33(60)61)53-42(67)29(17-25-10-8-7-9-11-25)52-40(65)23(5)51-41(66)28(48)16-26-12-14-27(58)15-13-26/h7-15,21-24,28-31,34-39,47,57-58,62-64H,16-20,48H2,1-6H3,(H2,49,59)(H,50,69)(H,51,66)(H,52,65)(H,53,67)(H,54,68)(H,55,70)(H,56,71)(H,60,61)/t23-,24-,28+,29+,30+,31-,34+,35+,36+,37-,38+,39-,47+/m1/s1. The first-order chi connectivity index (χ1) is 34.2. The molecule has 2 aromatic carbocycles. The van der Waals surface area contributed by atoms with Gasteiger partial charge in [0, 0.05) is 6.42 Å². The third kappa shape index (κ3) is 18.6. The molecule has 8 amide bonds. The summed E-state index contributed by atoms with van der Waals surface area (Å²) in [6, 6.07) is 3.98. The highest BCUT2D eigenvalue weighted by Gasteiger charge is 2.46. The maximum absolute atomic E-state index is 14.0. The van der Waals surface area contributed by atoms with Gasteiger partial charge in [-0.15, -0.1) is 0 Å². The highest BCUT2D eigenvalue weighted by Crippen LogP contribution is 2.24. The van der Waals surface area contributed by atoms with Crippen LogP contribution in [0, 0.1) is 11.8 Å². The average Bonchev–Trinajstić information content (AvgIpc) is 3.33. The van der Waals surface area contributed by atoms with E-state index < -0.39 is 164 Å². The number of primary amides is 1. The maximum Gasteiger partial charge on any atom is 0.305 e. The van der Waals surface area contributed by atoms with Crippen molar-refractivity contribution in [2.75, 3.05) is 13.2 Å². The number of carbonyl (C=O) groups is 9. The molecule has 1 aliphatic rings. The molecule has 0 aromatic heterocycles. The van der Waals surface area contributed by atoms with Gasteiger partial charge in [0.2, 0.25) is 47.3 Å². The van der Waals surface area contributed by atoms with E-state index in [1.807, 2.05) is 0 Å². The van der Waals surface area contributed by atoms with Crippen LogP contribution in [0.25, 0.3) is 0 Å². The molecule has 0 radical (unpaired) electrons. The molecule has 1 saturated heterocycles. The lowest BCUT2D eigenvalue weighted by Gasteiger charge is -2.41. The number of nitrogens with one attached hydrogen (secondary N) is 7. The second kappa shape index (κ2) is 28.4. The predicted octanol–water partition coefficient (Wildman–Crippen LogP) is -4.97. The zero-order valence-electron chi connectivity index (χ0n) is 41.2. The minimum absolute atomic E-state index is 0.0146. The second-order valence-electron chi connectivity index (χ2n) is 18.3. The van der Waals surface area contributed by atoms with Crippen LogP contribution >= 0.6 is 0 Å². The quantitative estimate of drug-likeness (QED) is 0.0398. The summed E-state index contributed by atoms with van der Waals surface area (Å²) in [7, 11) is 0. The van der Waals surface area contributed by atoms with Crippen LogP contribution in [-0.4, -0.2) is 176 Å². The van der Waals surface area contributed by atoms with Gasteiger partial charge in [0.15, 0.2) is 6.29 Å². The van der Waals surface area contributed by atoms with Crippen LogP contribution in [0.15, 0.2) is 54.6 Å². The van der Waals surface area contributed by atoms with E-state index in [1.54, 1.807) is 42.5 Å². The molecule has 17 N–H and O–H groups in total. The number of carboxylic acids is 1. The van der Waals surface area contributed by atoms with Gasteiger partial charge in [-0.2, -0.15) is 0 Å². The van der Waals surface area contributed by atoms with Crippen LogP contribution in [-0.2, 0) is 65.5 Å². The van der Waals surface area contributed by atoms with Crippen molar-refractivity contribution in [3.8, 4) is 5.75 Å². The Kier molecular flexibility index (Phi) is 23.6. The summed E-state index contributed by atoms with van der Waals surface area (Å²) in [5.41, 5.74) is 12.4. The molecule has 404 valence electrons. The fourth-order valence-electron chi connectivity index (χ4n) is 7.34. The number of hydrogen-bond acceptors (Lipinski definition) is 17. The van der Waals surface area contributed by atoms with Crippen LogP contribution in [0.2, 0.25) is 0 Å². The lowest BCUT2D eigenvalue weighted by atomic mass is 9.98. The zero-order chi connectivity index (χ0) is 54.9. The van der Waals surface area contributed by atoms with Crippen molar-refractivity contribution in [3.63, 3.8) is 0 Å². The Morgan fingerprint density at radius 3 is 1.67 bits per heavy atom. The smallest absolute Gasteiger partial charge is 0.305 e. The van der Waals surface area contributed by atoms with Crippen molar-refractivity contribution in [1.29, 1.82) is 0 Å². The number of aliphatic hydroxyl groups excluding tert-OH is 4. The van der Waals surface area contributed by atoms with Gasteiger partial charge >= 0.3 is 5.97 Å². The first-order valence-corrected chi connectivity index (χ1v) is 23.4. The highest BCUT2D eigenvalue weighted by molar-refractivity contribution is 5.98. The molecular formula is C47H69N9O17. The number of carboxylic acid groups (broad SMARTS) is 1. The summed E-state index contributed by atoms with van der Waals surface area (Å²) in [6.45, 7) is 7.17. The number of aromatic hydroxyl groups is 1. The number of hydrogen-bond donors (Lipinski definition) is 15. The Morgan fingerprint density at radius 2 is 1.14 bits per heavy atom. The summed E-state index contributed by atoms with van der Waals surface area (Å²) in [5, 5.41) is 76.9. The minimum atomic E-state index is -1.90. The molecule has 1 aliphatic heterocycles. The number of amides is 8. The topological polar surface area (TPSA) is 430 Å². The Morgan fingerprint density at radius 1 is 0.616 bits per heavy atom. The van der Waals surface area contributed by atoms with E-state index in [0.717, 1.165) is 0 Å². The maximum atomic E-state index is 14.0. The average molecular weight is 1030 g/mol. The Labute approximate surface area is 420 Å². The van der Waals surface area contributed by atoms with Gasteiger partial charge in [0.05, 0.1) is 31.7 Å². The summed E-state index contributed by atoms with van der Waals surface area (Å²) in [6.07, 6.45) is -11.2. The van der Waals surface area contributed by atoms with E-state index in [-0.39, 0.29) is 18.6 Å². The molecular weight excluding hydrogens is 963 g/mol. The molecule has 13 atom stereocenters. The number of aliphatic carboxylic acids is 1. The van der Waals surface area contributed by atoms with Crippen LogP contribution < -0.4 is 48.7 Å². The number of phenols is 1. The summed E-state index contributed by atoms with van der Waals surface area (Å²) >= 11 is 0. The van der Waals surface area contributed by atoms with Crippen molar-refractivity contribution >= 4 is 53.2 Å². The minimum Gasteiger partial charge on any atom is -0.508 e.